The van der Waals surface area contributed by atoms with E-state index in [0.29, 0.717) is 13.0 Å². The third-order valence-corrected chi connectivity index (χ3v) is 4.82. The predicted molar refractivity (Wildman–Crippen MR) is 89.4 cm³/mol. The summed E-state index contributed by atoms with van der Waals surface area (Å²) in [6.07, 6.45) is 3.83. The van der Waals surface area contributed by atoms with Gasteiger partial charge in [0.15, 0.2) is 0 Å². The zero-order valence-corrected chi connectivity index (χ0v) is 13.6. The first-order valence-electron chi connectivity index (χ1n) is 8.62. The molecule has 2 saturated heterocycles. The number of nitrogens with zero attached hydrogens (tertiary/aromatic N) is 2. The number of carbonyl (C=O) groups is 1. The monoisotopic (exact) mass is 318 g/mol. The lowest BCUT2D eigenvalue weighted by Crippen LogP contribution is -2.47. The van der Waals surface area contributed by atoms with Crippen molar-refractivity contribution in [1.82, 2.24) is 4.90 Å². The molecule has 1 aromatic rings. The van der Waals surface area contributed by atoms with Gasteiger partial charge in [0.05, 0.1) is 12.1 Å². The van der Waals surface area contributed by atoms with Gasteiger partial charge in [-0.25, -0.2) is 0 Å². The fourth-order valence-corrected chi connectivity index (χ4v) is 3.54. The van der Waals surface area contributed by atoms with Gasteiger partial charge in [0.1, 0.15) is 0 Å². The van der Waals surface area contributed by atoms with E-state index in [9.17, 15) is 4.79 Å². The lowest BCUT2D eigenvalue weighted by atomic mass is 10.0. The van der Waals surface area contributed by atoms with Gasteiger partial charge in [-0.15, -0.1) is 0 Å². The van der Waals surface area contributed by atoms with E-state index in [4.69, 9.17) is 9.84 Å². The minimum Gasteiger partial charge on any atom is -0.396 e. The summed E-state index contributed by atoms with van der Waals surface area (Å²) in [5.41, 5.74) is 1.00. The summed E-state index contributed by atoms with van der Waals surface area (Å²) in [6, 6.07) is 9.95. The summed E-state index contributed by atoms with van der Waals surface area (Å²) in [7, 11) is 0. The summed E-state index contributed by atoms with van der Waals surface area (Å²) in [6.45, 7) is 3.46. The van der Waals surface area contributed by atoms with Crippen molar-refractivity contribution in [2.75, 3.05) is 37.7 Å². The van der Waals surface area contributed by atoms with Crippen LogP contribution in [-0.2, 0) is 9.53 Å². The van der Waals surface area contributed by atoms with Crippen molar-refractivity contribution in [3.05, 3.63) is 30.3 Å². The summed E-state index contributed by atoms with van der Waals surface area (Å²) in [5, 5.41) is 8.80. The number of carbonyl (C=O) groups excluding carboxylic acids is 1. The van der Waals surface area contributed by atoms with Crippen LogP contribution in [0.3, 0.4) is 0 Å². The van der Waals surface area contributed by atoms with Crippen LogP contribution in [0.5, 0.6) is 0 Å². The molecular formula is C18H26N2O3. The van der Waals surface area contributed by atoms with E-state index >= 15 is 0 Å². The van der Waals surface area contributed by atoms with Crippen LogP contribution >= 0.6 is 0 Å². The Balaban J connectivity index is 1.51. The largest absolute Gasteiger partial charge is 0.396 e. The van der Waals surface area contributed by atoms with Gasteiger partial charge in [-0.2, -0.15) is 0 Å². The number of aliphatic hydroxyl groups excluding tert-OH is 1. The minimum absolute atomic E-state index is 0.0218. The van der Waals surface area contributed by atoms with Crippen LogP contribution in [0.2, 0.25) is 0 Å². The van der Waals surface area contributed by atoms with Gasteiger partial charge in [-0.3, -0.25) is 9.69 Å². The predicted octanol–water partition coefficient (Wildman–Crippen LogP) is 1.66. The molecule has 1 atom stereocenters. The number of para-hydroxylation sites is 1. The highest BCUT2D eigenvalue weighted by molar-refractivity contribution is 5.99. The molecule has 23 heavy (non-hydrogen) atoms. The molecule has 2 aliphatic heterocycles. The molecule has 5 nitrogen and oxygen atoms in total. The number of anilines is 1. The highest BCUT2D eigenvalue weighted by Crippen LogP contribution is 2.26. The smallest absolute Gasteiger partial charge is 0.244 e. The molecule has 0 aliphatic carbocycles. The van der Waals surface area contributed by atoms with Gasteiger partial charge in [0, 0.05) is 38.5 Å². The first-order chi connectivity index (χ1) is 11.3. The third-order valence-electron chi connectivity index (χ3n) is 4.82. The molecule has 2 fully saturated rings. The summed E-state index contributed by atoms with van der Waals surface area (Å²) >= 11 is 0. The average molecular weight is 318 g/mol. The zero-order valence-electron chi connectivity index (χ0n) is 13.6. The molecule has 2 aliphatic rings. The lowest BCUT2D eigenvalue weighted by molar-refractivity contribution is -0.122. The quantitative estimate of drug-likeness (QED) is 0.811. The number of piperidine rings is 1. The van der Waals surface area contributed by atoms with Gasteiger partial charge in [0.25, 0.3) is 0 Å². The van der Waals surface area contributed by atoms with E-state index in [1.165, 1.54) is 0 Å². The number of likely N-dealkylation sites (tertiary alicyclic amines) is 1. The van der Waals surface area contributed by atoms with Crippen molar-refractivity contribution in [3.8, 4) is 0 Å². The minimum atomic E-state index is 0.0218. The Kier molecular flexibility index (Phi) is 5.65. The molecule has 5 heteroatoms. The molecule has 0 radical (unpaired) electrons. The van der Waals surface area contributed by atoms with E-state index in [-0.39, 0.29) is 24.7 Å². The van der Waals surface area contributed by atoms with Crippen LogP contribution in [-0.4, -0.2) is 60.9 Å². The summed E-state index contributed by atoms with van der Waals surface area (Å²) in [5.74, 6) is 0.232. The topological polar surface area (TPSA) is 53.0 Å². The standard InChI is InChI=1S/C18H26N2O3/c21-13-4-14-23-16-7-10-19(11-8-16)17-9-12-20(18(17)22)15-5-2-1-3-6-15/h1-3,5-6,16-17,21H,4,7-14H2. The fourth-order valence-electron chi connectivity index (χ4n) is 3.54. The molecule has 1 aromatic carbocycles. The highest BCUT2D eigenvalue weighted by Gasteiger charge is 2.37. The Morgan fingerprint density at radius 1 is 1.09 bits per heavy atom. The molecule has 1 N–H and O–H groups in total. The first kappa shape index (κ1) is 16.4. The number of benzene rings is 1. The molecule has 0 spiro atoms. The Morgan fingerprint density at radius 3 is 2.52 bits per heavy atom. The normalized spacial score (nSPS) is 23.6. The second kappa shape index (κ2) is 7.90. The van der Waals surface area contributed by atoms with Crippen molar-refractivity contribution in [1.29, 1.82) is 0 Å². The fraction of sp³-hybridized carbons (Fsp3) is 0.611. The van der Waals surface area contributed by atoms with Gasteiger partial charge >= 0.3 is 0 Å². The molecule has 0 saturated carbocycles. The maximum absolute atomic E-state index is 12.7. The number of ether oxygens (including phenoxy) is 1. The molecular weight excluding hydrogens is 292 g/mol. The van der Waals surface area contributed by atoms with Gasteiger partial charge < -0.3 is 14.7 Å². The third kappa shape index (κ3) is 3.91. The average Bonchev–Trinajstić information content (AvgIpc) is 2.98. The number of hydrogen-bond donors (Lipinski definition) is 1. The van der Waals surface area contributed by atoms with Crippen molar-refractivity contribution >= 4 is 11.6 Å². The summed E-state index contributed by atoms with van der Waals surface area (Å²) in [4.78, 5) is 17.0. The van der Waals surface area contributed by atoms with Crippen LogP contribution in [0.1, 0.15) is 25.7 Å². The van der Waals surface area contributed by atoms with E-state index in [1.54, 1.807) is 0 Å². The van der Waals surface area contributed by atoms with E-state index in [0.717, 1.165) is 44.6 Å². The first-order valence-corrected chi connectivity index (χ1v) is 8.62. The number of rotatable bonds is 6. The molecule has 126 valence electrons. The van der Waals surface area contributed by atoms with Crippen LogP contribution < -0.4 is 4.90 Å². The van der Waals surface area contributed by atoms with Gasteiger partial charge in [-0.05, 0) is 37.8 Å². The summed E-state index contributed by atoms with van der Waals surface area (Å²) < 4.78 is 5.77. The van der Waals surface area contributed by atoms with Crippen LogP contribution in [0, 0.1) is 0 Å². The van der Waals surface area contributed by atoms with Gasteiger partial charge in [-0.1, -0.05) is 18.2 Å². The molecule has 1 amide bonds. The number of amides is 1. The van der Waals surface area contributed by atoms with E-state index in [1.807, 2.05) is 35.2 Å². The molecule has 2 heterocycles. The Morgan fingerprint density at radius 2 is 1.83 bits per heavy atom. The van der Waals surface area contributed by atoms with E-state index < -0.39 is 0 Å². The van der Waals surface area contributed by atoms with Gasteiger partial charge in [0.2, 0.25) is 5.91 Å². The maximum atomic E-state index is 12.7. The number of hydrogen-bond acceptors (Lipinski definition) is 4. The lowest BCUT2D eigenvalue weighted by Gasteiger charge is -2.35. The Hall–Kier alpha value is -1.43. The molecule has 3 rings (SSSR count). The Labute approximate surface area is 137 Å². The molecule has 1 unspecified atom stereocenters. The zero-order chi connectivity index (χ0) is 16.1. The number of aliphatic hydroxyl groups is 1. The van der Waals surface area contributed by atoms with Crippen molar-refractivity contribution < 1.29 is 14.6 Å². The van der Waals surface area contributed by atoms with E-state index in [2.05, 4.69) is 4.90 Å². The second-order valence-electron chi connectivity index (χ2n) is 6.31. The highest BCUT2D eigenvalue weighted by atomic mass is 16.5. The second-order valence-corrected chi connectivity index (χ2v) is 6.31. The van der Waals surface area contributed by atoms with Crippen LogP contribution in [0.4, 0.5) is 5.69 Å². The maximum Gasteiger partial charge on any atom is 0.244 e. The van der Waals surface area contributed by atoms with Crippen molar-refractivity contribution in [3.63, 3.8) is 0 Å². The van der Waals surface area contributed by atoms with Crippen molar-refractivity contribution in [2.24, 2.45) is 0 Å². The molecule has 0 bridgehead atoms. The SMILES string of the molecule is O=C1C(N2CCC(OCCCO)CC2)CCN1c1ccccc1. The Bertz CT molecular complexity index is 500. The van der Waals surface area contributed by atoms with Crippen LogP contribution in [0.15, 0.2) is 30.3 Å². The van der Waals surface area contributed by atoms with Crippen molar-refractivity contribution in [2.45, 2.75) is 37.8 Å². The molecule has 0 aromatic heterocycles. The van der Waals surface area contributed by atoms with Crippen LogP contribution in [0.25, 0.3) is 0 Å².